The molecule has 12 nitrogen and oxygen atoms in total. The van der Waals surface area contributed by atoms with Gasteiger partial charge in [-0.3, -0.25) is 4.79 Å². The van der Waals surface area contributed by atoms with Gasteiger partial charge in [0, 0.05) is 17.7 Å². The van der Waals surface area contributed by atoms with Gasteiger partial charge in [-0.2, -0.15) is 0 Å². The summed E-state index contributed by atoms with van der Waals surface area (Å²) < 4.78 is 27.2. The lowest BCUT2D eigenvalue weighted by Crippen LogP contribution is -2.58. The highest BCUT2D eigenvalue weighted by atomic mass is 16.7. The number of benzene rings is 2. The number of ether oxygens (including phenoxy) is 4. The lowest BCUT2D eigenvalue weighted by atomic mass is 10.00. The zero-order chi connectivity index (χ0) is 25.6. The molecule has 0 unspecified atom stereocenters. The van der Waals surface area contributed by atoms with Crippen molar-refractivity contribution in [2.24, 2.45) is 0 Å². The first kappa shape index (κ1) is 24.4. The lowest BCUT2D eigenvalue weighted by molar-refractivity contribution is -0.268. The zero-order valence-corrected chi connectivity index (χ0v) is 18.8. The van der Waals surface area contributed by atoms with Crippen LogP contribution in [0.3, 0.4) is 0 Å². The van der Waals surface area contributed by atoms with E-state index < -0.39 is 47.6 Å². The summed E-state index contributed by atoms with van der Waals surface area (Å²) in [4.78, 5) is 13.4. The van der Waals surface area contributed by atoms with Crippen LogP contribution in [0.4, 0.5) is 0 Å². The van der Waals surface area contributed by atoms with Gasteiger partial charge in [0.05, 0.1) is 20.3 Å². The van der Waals surface area contributed by atoms with Crippen molar-refractivity contribution < 1.29 is 54.0 Å². The fourth-order valence-corrected chi connectivity index (χ4v) is 3.87. The first-order chi connectivity index (χ1) is 16.6. The Morgan fingerprint density at radius 3 is 2.23 bits per heavy atom. The number of hydrogen-bond donors (Lipinski definition) is 6. The van der Waals surface area contributed by atoms with E-state index in [9.17, 15) is 35.4 Å². The Labute approximate surface area is 197 Å². The van der Waals surface area contributed by atoms with Gasteiger partial charge in [0.25, 0.3) is 0 Å². The van der Waals surface area contributed by atoms with Gasteiger partial charge in [0.1, 0.15) is 40.8 Å². The highest BCUT2D eigenvalue weighted by molar-refractivity contribution is 5.88. The molecule has 2 heterocycles. The van der Waals surface area contributed by atoms with Gasteiger partial charge in [-0.15, -0.1) is 0 Å². The number of aromatic hydroxyl groups is 3. The maximum atomic E-state index is 13.4. The van der Waals surface area contributed by atoms with E-state index in [-0.39, 0.29) is 45.3 Å². The predicted molar refractivity (Wildman–Crippen MR) is 119 cm³/mol. The van der Waals surface area contributed by atoms with Crippen molar-refractivity contribution in [3.63, 3.8) is 0 Å². The molecule has 0 amide bonds. The summed E-state index contributed by atoms with van der Waals surface area (Å²) in [5.74, 6) is -2.10. The van der Waals surface area contributed by atoms with Gasteiger partial charge >= 0.3 is 0 Å². The molecule has 0 spiro atoms. The Hall–Kier alpha value is -3.71. The minimum atomic E-state index is -1.75. The van der Waals surface area contributed by atoms with E-state index in [0.29, 0.717) is 0 Å². The van der Waals surface area contributed by atoms with E-state index in [1.54, 1.807) is 0 Å². The maximum absolute atomic E-state index is 13.4. The molecule has 0 bridgehead atoms. The van der Waals surface area contributed by atoms with Gasteiger partial charge in [-0.05, 0) is 19.1 Å². The van der Waals surface area contributed by atoms with Crippen molar-refractivity contribution in [1.29, 1.82) is 0 Å². The molecule has 0 saturated carbocycles. The average Bonchev–Trinajstić information content (AvgIpc) is 2.81. The maximum Gasteiger partial charge on any atom is 0.239 e. The second-order valence-electron chi connectivity index (χ2n) is 7.96. The number of phenolic OH excluding ortho intramolecular Hbond substituents is 3. The van der Waals surface area contributed by atoms with E-state index in [1.165, 1.54) is 33.3 Å². The number of methoxy groups -OCH3 is 2. The third-order valence-corrected chi connectivity index (χ3v) is 5.68. The lowest BCUT2D eigenvalue weighted by Gasteiger charge is -2.38. The second kappa shape index (κ2) is 9.15. The molecule has 1 saturated heterocycles. The molecular weight excluding hydrogens is 468 g/mol. The summed E-state index contributed by atoms with van der Waals surface area (Å²) in [6, 6.07) is 4.59. The fourth-order valence-electron chi connectivity index (χ4n) is 3.87. The van der Waals surface area contributed by atoms with Gasteiger partial charge in [0.2, 0.25) is 23.2 Å². The average molecular weight is 492 g/mol. The number of phenols is 3. The van der Waals surface area contributed by atoms with Crippen LogP contribution < -0.4 is 19.6 Å². The molecule has 3 aromatic rings. The summed E-state index contributed by atoms with van der Waals surface area (Å²) in [6.07, 6.45) is -7.39. The summed E-state index contributed by atoms with van der Waals surface area (Å²) in [7, 11) is 2.64. The minimum Gasteiger partial charge on any atom is -0.508 e. The van der Waals surface area contributed by atoms with Gasteiger partial charge in [-0.1, -0.05) is 0 Å². The highest BCUT2D eigenvalue weighted by Crippen LogP contribution is 2.44. The van der Waals surface area contributed by atoms with Crippen LogP contribution in [0.1, 0.15) is 6.92 Å². The number of rotatable bonds is 5. The first-order valence-electron chi connectivity index (χ1n) is 10.4. The van der Waals surface area contributed by atoms with Crippen LogP contribution in [-0.2, 0) is 4.74 Å². The summed E-state index contributed by atoms with van der Waals surface area (Å²) in [5, 5.41) is 60.7. The quantitative estimate of drug-likeness (QED) is 0.294. The number of fused-ring (bicyclic) bond motifs is 1. The van der Waals surface area contributed by atoms with E-state index >= 15 is 0 Å². The second-order valence-corrected chi connectivity index (χ2v) is 7.96. The first-order valence-corrected chi connectivity index (χ1v) is 10.4. The Morgan fingerprint density at radius 1 is 0.857 bits per heavy atom. The molecule has 0 radical (unpaired) electrons. The summed E-state index contributed by atoms with van der Waals surface area (Å²) in [5.41, 5.74) is -1.05. The summed E-state index contributed by atoms with van der Waals surface area (Å²) >= 11 is 0. The third kappa shape index (κ3) is 4.17. The molecule has 1 fully saturated rings. The smallest absolute Gasteiger partial charge is 0.239 e. The van der Waals surface area contributed by atoms with Crippen LogP contribution in [0.15, 0.2) is 33.5 Å². The van der Waals surface area contributed by atoms with Crippen molar-refractivity contribution in [2.75, 3.05) is 14.2 Å². The standard InChI is InChI=1S/C23H24O12/c1-8-16(27)18(29)19(30)23(33-8)35-22-17(28)15-11(25)6-10(24)7-13(15)34-20(22)9-4-12(26)21(32-3)14(5-9)31-2/h4-8,16,18-19,23-27,29-30H,1-3H3/t8-,16-,18+,19+,23+/m0/s1. The molecule has 0 aliphatic carbocycles. The van der Waals surface area contributed by atoms with Crippen LogP contribution in [0.5, 0.6) is 34.5 Å². The molecular formula is C23H24O12. The van der Waals surface area contributed by atoms with Crippen LogP contribution in [-0.4, -0.2) is 75.6 Å². The fraction of sp³-hybridized carbons (Fsp3) is 0.348. The largest absolute Gasteiger partial charge is 0.508 e. The van der Waals surface area contributed by atoms with Crippen molar-refractivity contribution in [1.82, 2.24) is 0 Å². The van der Waals surface area contributed by atoms with Gasteiger partial charge < -0.3 is 54.0 Å². The zero-order valence-electron chi connectivity index (χ0n) is 18.8. The Bertz CT molecular complexity index is 1320. The highest BCUT2D eigenvalue weighted by Gasteiger charge is 2.44. The Balaban J connectivity index is 1.96. The molecule has 1 aromatic heterocycles. The van der Waals surface area contributed by atoms with Crippen LogP contribution in [0, 0.1) is 0 Å². The summed E-state index contributed by atoms with van der Waals surface area (Å²) in [6.45, 7) is 1.43. The van der Waals surface area contributed by atoms with Crippen molar-refractivity contribution in [2.45, 2.75) is 37.6 Å². The monoisotopic (exact) mass is 492 g/mol. The minimum absolute atomic E-state index is 0.00844. The third-order valence-electron chi connectivity index (χ3n) is 5.68. The Kier molecular flexibility index (Phi) is 6.38. The van der Waals surface area contributed by atoms with Crippen molar-refractivity contribution in [3.05, 3.63) is 34.5 Å². The molecule has 12 heteroatoms. The number of aliphatic hydroxyl groups excluding tert-OH is 3. The molecule has 6 N–H and O–H groups in total. The predicted octanol–water partition coefficient (Wildman–Crippen LogP) is 0.800. The molecule has 1 aliphatic rings. The van der Waals surface area contributed by atoms with Gasteiger partial charge in [0.15, 0.2) is 17.3 Å². The van der Waals surface area contributed by atoms with Gasteiger partial charge in [-0.25, -0.2) is 0 Å². The van der Waals surface area contributed by atoms with E-state index in [0.717, 1.165) is 12.1 Å². The molecule has 4 rings (SSSR count). The number of aliphatic hydroxyl groups is 3. The molecule has 188 valence electrons. The van der Waals surface area contributed by atoms with Crippen molar-refractivity contribution in [3.8, 4) is 45.8 Å². The normalized spacial score (nSPS) is 24.3. The molecule has 35 heavy (non-hydrogen) atoms. The van der Waals surface area contributed by atoms with Crippen LogP contribution in [0.2, 0.25) is 0 Å². The topological polar surface area (TPSA) is 189 Å². The SMILES string of the molecule is COc1cc(-c2oc3cc(O)cc(O)c3c(=O)c2O[C@H]2O[C@@H](C)[C@H](O)[C@@H](O)[C@H]2O)cc(O)c1OC. The van der Waals surface area contributed by atoms with Crippen molar-refractivity contribution >= 4 is 11.0 Å². The molecule has 1 aliphatic heterocycles. The molecule has 5 atom stereocenters. The van der Waals surface area contributed by atoms with E-state index in [4.69, 9.17) is 23.4 Å². The van der Waals surface area contributed by atoms with Crippen LogP contribution >= 0.6 is 0 Å². The van der Waals surface area contributed by atoms with E-state index in [1.807, 2.05) is 0 Å². The number of hydrogen-bond acceptors (Lipinski definition) is 12. The molecule has 2 aromatic carbocycles. The van der Waals surface area contributed by atoms with E-state index in [2.05, 4.69) is 0 Å². The Morgan fingerprint density at radius 2 is 1.57 bits per heavy atom. The van der Waals surface area contributed by atoms with Crippen LogP contribution in [0.25, 0.3) is 22.3 Å².